The third-order valence-corrected chi connectivity index (χ3v) is 2.66. The molecule has 0 saturated heterocycles. The quantitative estimate of drug-likeness (QED) is 0.796. The maximum atomic E-state index is 12.9. The van der Waals surface area contributed by atoms with E-state index < -0.39 is 23.6 Å². The Hall–Kier alpha value is -2.02. The molecule has 0 N–H and O–H groups in total. The number of hydrogen-bond acceptors (Lipinski definition) is 4. The Balaban J connectivity index is 2.53. The van der Waals surface area contributed by atoms with Gasteiger partial charge in [-0.15, -0.1) is 0 Å². The second-order valence-corrected chi connectivity index (χ2v) is 4.36. The van der Waals surface area contributed by atoms with Crippen LogP contribution in [-0.2, 0) is 10.9 Å². The highest BCUT2D eigenvalue weighted by atomic mass is 35.5. The van der Waals surface area contributed by atoms with Gasteiger partial charge in [0.15, 0.2) is 5.69 Å². The third-order valence-electron chi connectivity index (χ3n) is 2.43. The molecule has 0 amide bonds. The summed E-state index contributed by atoms with van der Waals surface area (Å²) in [4.78, 5) is 14.9. The summed E-state index contributed by atoms with van der Waals surface area (Å²) >= 11 is 5.76. The van der Waals surface area contributed by atoms with Crippen molar-refractivity contribution < 1.29 is 27.1 Å². The van der Waals surface area contributed by atoms with E-state index in [-0.39, 0.29) is 18.1 Å². The molecule has 0 aliphatic carbocycles. The van der Waals surface area contributed by atoms with Crippen LogP contribution >= 0.6 is 11.6 Å². The summed E-state index contributed by atoms with van der Waals surface area (Å²) < 4.78 is 48.2. The number of aromatic nitrogens is 1. The molecule has 21 heavy (non-hydrogen) atoms. The lowest BCUT2D eigenvalue weighted by atomic mass is 10.2. The van der Waals surface area contributed by atoms with Gasteiger partial charge in [0.25, 0.3) is 0 Å². The van der Waals surface area contributed by atoms with Crippen molar-refractivity contribution in [1.29, 1.82) is 0 Å². The molecule has 2 rings (SSSR count). The highest BCUT2D eigenvalue weighted by Crippen LogP contribution is 2.35. The second kappa shape index (κ2) is 5.77. The zero-order valence-corrected chi connectivity index (χ0v) is 11.5. The van der Waals surface area contributed by atoms with Crippen molar-refractivity contribution >= 4 is 17.6 Å². The first-order chi connectivity index (χ1) is 9.82. The number of carbonyl (C=O) groups excluding carboxylic acids is 1. The lowest BCUT2D eigenvalue weighted by molar-refractivity contribution is -0.141. The van der Waals surface area contributed by atoms with E-state index in [0.717, 1.165) is 0 Å². The van der Waals surface area contributed by atoms with Crippen LogP contribution in [0.1, 0.15) is 23.2 Å². The highest BCUT2D eigenvalue weighted by Gasteiger charge is 2.41. The maximum absolute atomic E-state index is 12.9. The van der Waals surface area contributed by atoms with Gasteiger partial charge < -0.3 is 9.15 Å². The van der Waals surface area contributed by atoms with Gasteiger partial charge in [-0.3, -0.25) is 0 Å². The van der Waals surface area contributed by atoms with E-state index in [1.54, 1.807) is 6.07 Å². The minimum absolute atomic E-state index is 0.0800. The molecule has 1 aromatic heterocycles. The number of carbonyl (C=O) groups is 1. The zero-order chi connectivity index (χ0) is 15.6. The summed E-state index contributed by atoms with van der Waals surface area (Å²) in [5.41, 5.74) is -1.19. The first-order valence-corrected chi connectivity index (χ1v) is 6.21. The average molecular weight is 320 g/mol. The lowest BCUT2D eigenvalue weighted by Crippen LogP contribution is -2.14. The fraction of sp³-hybridized carbons (Fsp3) is 0.231. The normalized spacial score (nSPS) is 11.5. The van der Waals surface area contributed by atoms with E-state index in [1.807, 2.05) is 0 Å². The number of rotatable bonds is 3. The predicted molar refractivity (Wildman–Crippen MR) is 67.9 cm³/mol. The molecule has 0 unspecified atom stereocenters. The van der Waals surface area contributed by atoms with Gasteiger partial charge in [-0.1, -0.05) is 17.7 Å². The predicted octanol–water partition coefficient (Wildman–Crippen LogP) is 4.19. The van der Waals surface area contributed by atoms with Crippen LogP contribution in [0.15, 0.2) is 28.7 Å². The second-order valence-electron chi connectivity index (χ2n) is 3.93. The molecule has 2 aromatic rings. The molecular formula is C13H9ClF3NO3. The fourth-order valence-electron chi connectivity index (χ4n) is 1.59. The number of ether oxygens (including phenoxy) is 1. The number of alkyl halides is 3. The number of hydrogen-bond donors (Lipinski definition) is 0. The summed E-state index contributed by atoms with van der Waals surface area (Å²) in [5.74, 6) is -2.54. The van der Waals surface area contributed by atoms with Gasteiger partial charge in [0.1, 0.15) is 0 Å². The van der Waals surface area contributed by atoms with E-state index in [0.29, 0.717) is 5.02 Å². The van der Waals surface area contributed by atoms with Crippen molar-refractivity contribution in [1.82, 2.24) is 4.98 Å². The molecule has 0 fully saturated rings. The third kappa shape index (κ3) is 3.36. The van der Waals surface area contributed by atoms with E-state index >= 15 is 0 Å². The summed E-state index contributed by atoms with van der Waals surface area (Å²) in [7, 11) is 0. The van der Waals surface area contributed by atoms with Crippen molar-refractivity contribution in [2.24, 2.45) is 0 Å². The van der Waals surface area contributed by atoms with Crippen LogP contribution in [0, 0.1) is 0 Å². The Kier molecular flexibility index (Phi) is 4.22. The number of nitrogens with zero attached hydrogens (tertiary/aromatic N) is 1. The topological polar surface area (TPSA) is 52.3 Å². The van der Waals surface area contributed by atoms with E-state index in [9.17, 15) is 18.0 Å². The number of esters is 1. The maximum Gasteiger partial charge on any atom is 0.437 e. The Bertz CT molecular complexity index is 667. The SMILES string of the molecule is CCOC(=O)c1oc(-c2cccc(Cl)c2)nc1C(F)(F)F. The van der Waals surface area contributed by atoms with Crippen molar-refractivity contribution in [3.63, 3.8) is 0 Å². The molecule has 1 heterocycles. The van der Waals surface area contributed by atoms with Crippen molar-refractivity contribution in [3.05, 3.63) is 40.7 Å². The molecule has 0 aliphatic heterocycles. The molecule has 4 nitrogen and oxygen atoms in total. The highest BCUT2D eigenvalue weighted by molar-refractivity contribution is 6.30. The van der Waals surface area contributed by atoms with Crippen LogP contribution in [0.2, 0.25) is 5.02 Å². The molecule has 0 spiro atoms. The van der Waals surface area contributed by atoms with Gasteiger partial charge in [-0.25, -0.2) is 9.78 Å². The van der Waals surface area contributed by atoms with Crippen molar-refractivity contribution in [3.8, 4) is 11.5 Å². The van der Waals surface area contributed by atoms with Gasteiger partial charge in [-0.2, -0.15) is 13.2 Å². The molecule has 0 bridgehead atoms. The first kappa shape index (κ1) is 15.4. The summed E-state index contributed by atoms with van der Waals surface area (Å²) in [6.45, 7) is 1.39. The Morgan fingerprint density at radius 2 is 2.14 bits per heavy atom. The number of halogens is 4. The van der Waals surface area contributed by atoms with Crippen molar-refractivity contribution in [2.75, 3.05) is 6.61 Å². The van der Waals surface area contributed by atoms with Gasteiger partial charge in [0.2, 0.25) is 11.7 Å². The molecule has 0 atom stereocenters. The molecule has 0 saturated carbocycles. The minimum Gasteiger partial charge on any atom is -0.460 e. The summed E-state index contributed by atoms with van der Waals surface area (Å²) in [6.07, 6.45) is -4.83. The van der Waals surface area contributed by atoms with Gasteiger partial charge in [0.05, 0.1) is 6.61 Å². The molecule has 112 valence electrons. The van der Waals surface area contributed by atoms with Crippen molar-refractivity contribution in [2.45, 2.75) is 13.1 Å². The Labute approximate surface area is 122 Å². The number of oxazole rings is 1. The Morgan fingerprint density at radius 1 is 1.43 bits per heavy atom. The van der Waals surface area contributed by atoms with Crippen LogP contribution < -0.4 is 0 Å². The first-order valence-electron chi connectivity index (χ1n) is 5.84. The molecule has 8 heteroatoms. The molecule has 0 aliphatic rings. The van der Waals surface area contributed by atoms with E-state index in [4.69, 9.17) is 16.0 Å². The van der Waals surface area contributed by atoms with E-state index in [1.165, 1.54) is 25.1 Å². The standard InChI is InChI=1S/C13H9ClF3NO3/c1-2-20-12(19)9-10(13(15,16)17)18-11(21-9)7-4-3-5-8(14)6-7/h3-6H,2H2,1H3. The smallest absolute Gasteiger partial charge is 0.437 e. The van der Waals surface area contributed by atoms with Crippen LogP contribution in [0.25, 0.3) is 11.5 Å². The summed E-state index contributed by atoms with van der Waals surface area (Å²) in [6, 6.07) is 5.92. The molecule has 1 aromatic carbocycles. The van der Waals surface area contributed by atoms with E-state index in [2.05, 4.69) is 9.72 Å². The fourth-order valence-corrected chi connectivity index (χ4v) is 1.78. The zero-order valence-electron chi connectivity index (χ0n) is 10.7. The summed E-state index contributed by atoms with van der Waals surface area (Å²) in [5, 5.41) is 0.303. The van der Waals surface area contributed by atoms with Crippen LogP contribution in [0.4, 0.5) is 13.2 Å². The van der Waals surface area contributed by atoms with Crippen LogP contribution in [0.5, 0.6) is 0 Å². The van der Waals surface area contributed by atoms with Gasteiger partial charge >= 0.3 is 12.1 Å². The molecular weight excluding hydrogens is 311 g/mol. The average Bonchev–Trinajstić information content (AvgIpc) is 2.84. The largest absolute Gasteiger partial charge is 0.460 e. The van der Waals surface area contributed by atoms with Gasteiger partial charge in [0, 0.05) is 10.6 Å². The monoisotopic (exact) mass is 319 g/mol. The number of benzene rings is 1. The van der Waals surface area contributed by atoms with Crippen LogP contribution in [0.3, 0.4) is 0 Å². The lowest BCUT2D eigenvalue weighted by Gasteiger charge is -2.03. The van der Waals surface area contributed by atoms with Gasteiger partial charge in [-0.05, 0) is 25.1 Å². The molecule has 0 radical (unpaired) electrons. The minimum atomic E-state index is -4.83. The van der Waals surface area contributed by atoms with Crippen LogP contribution in [-0.4, -0.2) is 17.6 Å². The Morgan fingerprint density at radius 3 is 2.71 bits per heavy atom.